The van der Waals surface area contributed by atoms with E-state index in [4.69, 9.17) is 5.11 Å². The molecule has 0 atom stereocenters. The van der Waals surface area contributed by atoms with Crippen molar-refractivity contribution in [1.29, 1.82) is 0 Å². The highest BCUT2D eigenvalue weighted by molar-refractivity contribution is 7.99. The second kappa shape index (κ2) is 7.53. The van der Waals surface area contributed by atoms with E-state index in [1.54, 1.807) is 0 Å². The first-order valence-electron chi connectivity index (χ1n) is 6.13. The number of nitrogens with zero attached hydrogens (tertiary/aromatic N) is 1. The summed E-state index contributed by atoms with van der Waals surface area (Å²) in [6, 6.07) is 0. The Balaban J connectivity index is 1.99. The zero-order valence-electron chi connectivity index (χ0n) is 10.1. The molecule has 1 aliphatic rings. The molecule has 0 aromatic rings. The molecule has 1 fully saturated rings. The van der Waals surface area contributed by atoms with Gasteiger partial charge in [-0.25, -0.2) is 0 Å². The molecule has 0 aliphatic carbocycles. The minimum Gasteiger partial charge on any atom is -0.396 e. The highest BCUT2D eigenvalue weighted by Crippen LogP contribution is 2.17. The maximum atomic E-state index is 9.03. The fourth-order valence-corrected chi connectivity index (χ4v) is 2.93. The normalized spacial score (nSPS) is 20.0. The fourth-order valence-electron chi connectivity index (χ4n) is 1.91. The Labute approximate surface area is 98.4 Å². The molecule has 15 heavy (non-hydrogen) atoms. The highest BCUT2D eigenvalue weighted by Gasteiger charge is 2.17. The average Bonchev–Trinajstić information content (AvgIpc) is 2.25. The van der Waals surface area contributed by atoms with E-state index >= 15 is 0 Å². The Bertz CT molecular complexity index is 156. The van der Waals surface area contributed by atoms with Gasteiger partial charge in [-0.3, -0.25) is 0 Å². The number of likely N-dealkylation sites (tertiary alicyclic amines) is 1. The number of piperidine rings is 1. The molecule has 0 amide bonds. The maximum absolute atomic E-state index is 9.03. The summed E-state index contributed by atoms with van der Waals surface area (Å²) in [5, 5.41) is 9.03. The van der Waals surface area contributed by atoms with Crippen LogP contribution in [-0.4, -0.2) is 47.8 Å². The van der Waals surface area contributed by atoms with Crippen molar-refractivity contribution in [2.24, 2.45) is 11.8 Å². The van der Waals surface area contributed by atoms with Gasteiger partial charge >= 0.3 is 0 Å². The molecule has 1 heterocycles. The lowest BCUT2D eigenvalue weighted by atomic mass is 9.98. The third-order valence-electron chi connectivity index (χ3n) is 2.97. The van der Waals surface area contributed by atoms with Crippen molar-refractivity contribution in [3.63, 3.8) is 0 Å². The third kappa shape index (κ3) is 5.79. The van der Waals surface area contributed by atoms with Crippen molar-refractivity contribution in [2.45, 2.75) is 26.7 Å². The predicted molar refractivity (Wildman–Crippen MR) is 68.4 cm³/mol. The van der Waals surface area contributed by atoms with Gasteiger partial charge in [0.2, 0.25) is 0 Å². The number of hydrogen-bond acceptors (Lipinski definition) is 3. The van der Waals surface area contributed by atoms with E-state index in [-0.39, 0.29) is 0 Å². The van der Waals surface area contributed by atoms with E-state index in [2.05, 4.69) is 30.5 Å². The average molecular weight is 231 g/mol. The molecule has 90 valence electrons. The van der Waals surface area contributed by atoms with Gasteiger partial charge in [0.05, 0.1) is 0 Å². The molecule has 0 radical (unpaired) electrons. The van der Waals surface area contributed by atoms with E-state index in [1.807, 2.05) is 0 Å². The molecular formula is C12H25NOS. The minimum absolute atomic E-state index is 0.385. The van der Waals surface area contributed by atoms with Crippen LogP contribution >= 0.6 is 11.8 Å². The number of hydrogen-bond donors (Lipinski definition) is 1. The zero-order valence-corrected chi connectivity index (χ0v) is 10.9. The Morgan fingerprint density at radius 3 is 2.53 bits per heavy atom. The molecule has 0 aromatic heterocycles. The molecule has 0 aromatic carbocycles. The van der Waals surface area contributed by atoms with Crippen LogP contribution in [0, 0.1) is 11.8 Å². The van der Waals surface area contributed by atoms with Gasteiger partial charge in [-0.05, 0) is 43.5 Å². The van der Waals surface area contributed by atoms with Crippen LogP contribution in [0.4, 0.5) is 0 Å². The maximum Gasteiger partial charge on any atom is 0.0460 e. The lowest BCUT2D eigenvalue weighted by Gasteiger charge is -2.30. The van der Waals surface area contributed by atoms with Gasteiger partial charge in [-0.2, -0.15) is 11.8 Å². The topological polar surface area (TPSA) is 23.5 Å². The quantitative estimate of drug-likeness (QED) is 0.708. The number of aliphatic hydroxyl groups excluding tert-OH is 1. The molecule has 0 saturated carbocycles. The van der Waals surface area contributed by atoms with E-state index in [1.165, 1.54) is 44.0 Å². The SMILES string of the molecule is CC(C)CSCCN1CCC(CO)CC1. The van der Waals surface area contributed by atoms with Crippen LogP contribution in [0.25, 0.3) is 0 Å². The van der Waals surface area contributed by atoms with Crippen LogP contribution < -0.4 is 0 Å². The van der Waals surface area contributed by atoms with E-state index in [0.717, 1.165) is 5.92 Å². The van der Waals surface area contributed by atoms with Crippen LogP contribution in [-0.2, 0) is 0 Å². The van der Waals surface area contributed by atoms with Crippen molar-refractivity contribution < 1.29 is 5.11 Å². The molecule has 1 aliphatic heterocycles. The van der Waals surface area contributed by atoms with Crippen molar-refractivity contribution in [3.8, 4) is 0 Å². The number of rotatable bonds is 6. The van der Waals surface area contributed by atoms with Crippen molar-refractivity contribution in [2.75, 3.05) is 37.7 Å². The smallest absolute Gasteiger partial charge is 0.0460 e. The summed E-state index contributed by atoms with van der Waals surface area (Å²) >= 11 is 2.07. The van der Waals surface area contributed by atoms with Gasteiger partial charge in [0.25, 0.3) is 0 Å². The van der Waals surface area contributed by atoms with Gasteiger partial charge in [-0.15, -0.1) is 0 Å². The monoisotopic (exact) mass is 231 g/mol. The lowest BCUT2D eigenvalue weighted by Crippen LogP contribution is -2.36. The summed E-state index contributed by atoms with van der Waals surface area (Å²) in [7, 11) is 0. The van der Waals surface area contributed by atoms with Crippen molar-refractivity contribution in [1.82, 2.24) is 4.90 Å². The molecule has 1 rings (SSSR count). The standard InChI is InChI=1S/C12H25NOS/c1-11(2)10-15-8-7-13-5-3-12(9-14)4-6-13/h11-12,14H,3-10H2,1-2H3. The van der Waals surface area contributed by atoms with Gasteiger partial charge in [0, 0.05) is 18.9 Å². The molecule has 2 nitrogen and oxygen atoms in total. The summed E-state index contributed by atoms with van der Waals surface area (Å²) in [6.45, 7) is 8.55. The van der Waals surface area contributed by atoms with Crippen molar-refractivity contribution >= 4 is 11.8 Å². The van der Waals surface area contributed by atoms with Gasteiger partial charge in [0.1, 0.15) is 0 Å². The Hall–Kier alpha value is 0.270. The van der Waals surface area contributed by atoms with Gasteiger partial charge in [0.15, 0.2) is 0 Å². The number of aliphatic hydroxyl groups is 1. The molecule has 1 saturated heterocycles. The number of thioether (sulfide) groups is 1. The van der Waals surface area contributed by atoms with Crippen LogP contribution in [0.1, 0.15) is 26.7 Å². The summed E-state index contributed by atoms with van der Waals surface area (Å²) in [5.41, 5.74) is 0. The van der Waals surface area contributed by atoms with E-state index < -0.39 is 0 Å². The van der Waals surface area contributed by atoms with Crippen LogP contribution in [0.15, 0.2) is 0 Å². The molecule has 0 bridgehead atoms. The first-order valence-corrected chi connectivity index (χ1v) is 7.28. The van der Waals surface area contributed by atoms with E-state index in [9.17, 15) is 0 Å². The second-order valence-electron chi connectivity index (χ2n) is 4.94. The second-order valence-corrected chi connectivity index (χ2v) is 6.09. The molecule has 0 unspecified atom stereocenters. The summed E-state index contributed by atoms with van der Waals surface area (Å²) in [4.78, 5) is 2.54. The van der Waals surface area contributed by atoms with Gasteiger partial charge in [-0.1, -0.05) is 13.8 Å². The van der Waals surface area contributed by atoms with Crippen LogP contribution in [0.2, 0.25) is 0 Å². The first-order chi connectivity index (χ1) is 7.22. The molecular weight excluding hydrogens is 206 g/mol. The summed E-state index contributed by atoms with van der Waals surface area (Å²) in [6.07, 6.45) is 2.37. The summed E-state index contributed by atoms with van der Waals surface area (Å²) < 4.78 is 0. The third-order valence-corrected chi connectivity index (χ3v) is 4.34. The highest BCUT2D eigenvalue weighted by atomic mass is 32.2. The lowest BCUT2D eigenvalue weighted by molar-refractivity contribution is 0.136. The first kappa shape index (κ1) is 13.3. The van der Waals surface area contributed by atoms with Crippen LogP contribution in [0.5, 0.6) is 0 Å². The van der Waals surface area contributed by atoms with Crippen molar-refractivity contribution in [3.05, 3.63) is 0 Å². The van der Waals surface area contributed by atoms with Gasteiger partial charge < -0.3 is 10.0 Å². The van der Waals surface area contributed by atoms with Crippen LogP contribution in [0.3, 0.4) is 0 Å². The predicted octanol–water partition coefficient (Wildman–Crippen LogP) is 2.08. The zero-order chi connectivity index (χ0) is 11.1. The Morgan fingerprint density at radius 1 is 1.33 bits per heavy atom. The fraction of sp³-hybridized carbons (Fsp3) is 1.00. The minimum atomic E-state index is 0.385. The summed E-state index contributed by atoms with van der Waals surface area (Å²) in [5.74, 6) is 3.94. The largest absolute Gasteiger partial charge is 0.396 e. The molecule has 3 heteroatoms. The van der Waals surface area contributed by atoms with E-state index in [0.29, 0.717) is 12.5 Å². The molecule has 1 N–H and O–H groups in total. The molecule has 0 spiro atoms. The Morgan fingerprint density at radius 2 is 2.00 bits per heavy atom. The Kier molecular flexibility index (Phi) is 6.69.